The second-order valence-corrected chi connectivity index (χ2v) is 3.79. The van der Waals surface area contributed by atoms with E-state index in [4.69, 9.17) is 14.7 Å². The molecule has 8 heteroatoms. The van der Waals surface area contributed by atoms with Crippen molar-refractivity contribution in [2.45, 2.75) is 13.0 Å². The Kier molecular flexibility index (Phi) is 5.90. The lowest BCUT2D eigenvalue weighted by Gasteiger charge is -2.14. The maximum Gasteiger partial charge on any atom is 0.472 e. The highest BCUT2D eigenvalue weighted by Gasteiger charge is 2.25. The molecule has 0 saturated heterocycles. The zero-order valence-electron chi connectivity index (χ0n) is 7.87. The van der Waals surface area contributed by atoms with Gasteiger partial charge in [-0.3, -0.25) is 9.05 Å². The summed E-state index contributed by atoms with van der Waals surface area (Å²) < 4.78 is 23.9. The second-order valence-electron chi connectivity index (χ2n) is 2.23. The molecule has 0 aromatic carbocycles. The number of phosphoric acid groups is 1. The van der Waals surface area contributed by atoms with E-state index in [-0.39, 0.29) is 6.61 Å². The van der Waals surface area contributed by atoms with Gasteiger partial charge in [-0.25, -0.2) is 9.36 Å². The van der Waals surface area contributed by atoms with E-state index in [0.29, 0.717) is 0 Å². The van der Waals surface area contributed by atoms with E-state index in [1.807, 2.05) is 0 Å². The summed E-state index contributed by atoms with van der Waals surface area (Å²) >= 11 is 0. The topological polar surface area (TPSA) is 102 Å². The van der Waals surface area contributed by atoms with E-state index in [2.05, 4.69) is 9.05 Å². The lowest BCUT2D eigenvalue weighted by Crippen LogP contribution is -2.28. The van der Waals surface area contributed by atoms with Crippen LogP contribution in [0.5, 0.6) is 0 Å². The average molecular weight is 228 g/mol. The van der Waals surface area contributed by atoms with E-state index in [9.17, 15) is 9.36 Å². The number of hydrogen-bond acceptors (Lipinski definition) is 5. The van der Waals surface area contributed by atoms with Crippen LogP contribution in [0.15, 0.2) is 0 Å². The molecule has 14 heavy (non-hydrogen) atoms. The molecular weight excluding hydrogens is 215 g/mol. The Labute approximate surface area is 81.2 Å². The monoisotopic (exact) mass is 228 g/mol. The quantitative estimate of drug-likeness (QED) is 0.601. The van der Waals surface area contributed by atoms with Crippen molar-refractivity contribution < 1.29 is 33.1 Å². The minimum absolute atomic E-state index is 0.170. The maximum atomic E-state index is 10.8. The molecule has 0 spiro atoms. The molecule has 0 fully saturated rings. The van der Waals surface area contributed by atoms with Gasteiger partial charge in [-0.05, 0) is 6.92 Å². The first-order chi connectivity index (χ1) is 6.43. The molecule has 0 aliphatic carbocycles. The first kappa shape index (κ1) is 13.5. The fourth-order valence-corrected chi connectivity index (χ4v) is 1.04. The molecule has 2 atom stereocenters. The average Bonchev–Trinajstić information content (AvgIpc) is 2.12. The second kappa shape index (κ2) is 6.10. The number of carboxylic acids is 1. The predicted molar refractivity (Wildman–Crippen MR) is 45.8 cm³/mol. The zero-order valence-corrected chi connectivity index (χ0v) is 8.77. The molecular formula is C6H13O7P. The van der Waals surface area contributed by atoms with Crippen LogP contribution < -0.4 is 0 Å². The van der Waals surface area contributed by atoms with Crippen LogP contribution in [-0.4, -0.2) is 42.4 Å². The summed E-state index contributed by atoms with van der Waals surface area (Å²) in [6, 6.07) is 0. The van der Waals surface area contributed by atoms with Gasteiger partial charge in [0, 0.05) is 13.7 Å². The van der Waals surface area contributed by atoms with Gasteiger partial charge in [0.2, 0.25) is 0 Å². The highest BCUT2D eigenvalue weighted by Crippen LogP contribution is 2.41. The molecule has 0 aliphatic heterocycles. The van der Waals surface area contributed by atoms with Gasteiger partial charge in [-0.2, -0.15) is 0 Å². The normalized spacial score (nSPS) is 17.4. The molecule has 0 rings (SSSR count). The Morgan fingerprint density at radius 2 is 2.14 bits per heavy atom. The maximum absolute atomic E-state index is 10.8. The van der Waals surface area contributed by atoms with E-state index >= 15 is 0 Å². The third kappa shape index (κ3) is 5.31. The summed E-state index contributed by atoms with van der Waals surface area (Å²) in [7, 11) is -3.15. The van der Waals surface area contributed by atoms with Gasteiger partial charge in [0.15, 0.2) is 6.10 Å². The van der Waals surface area contributed by atoms with Crippen molar-refractivity contribution in [2.24, 2.45) is 0 Å². The van der Waals surface area contributed by atoms with Crippen LogP contribution in [-0.2, 0) is 23.1 Å². The van der Waals surface area contributed by atoms with E-state index < -0.39 is 26.5 Å². The zero-order chi connectivity index (χ0) is 11.2. The minimum Gasteiger partial charge on any atom is -0.479 e. The lowest BCUT2D eigenvalue weighted by atomic mass is 10.4. The Morgan fingerprint density at radius 3 is 2.50 bits per heavy atom. The lowest BCUT2D eigenvalue weighted by molar-refractivity contribution is -0.152. The third-order valence-electron chi connectivity index (χ3n) is 1.26. The Bertz CT molecular complexity index is 228. The summed E-state index contributed by atoms with van der Waals surface area (Å²) in [4.78, 5) is 19.3. The largest absolute Gasteiger partial charge is 0.479 e. The van der Waals surface area contributed by atoms with Gasteiger partial charge >= 0.3 is 13.8 Å². The number of rotatable bonds is 7. The summed E-state index contributed by atoms with van der Waals surface area (Å²) in [6.07, 6.45) is -1.27. The first-order valence-corrected chi connectivity index (χ1v) is 5.30. The van der Waals surface area contributed by atoms with Crippen LogP contribution in [0.4, 0.5) is 0 Å². The van der Waals surface area contributed by atoms with Crippen molar-refractivity contribution in [2.75, 3.05) is 20.3 Å². The Hall–Kier alpha value is -0.460. The standard InChI is InChI=1S/C6H13O7P/c1-3-12-5(6(7)8)4-13-14(9,10)11-2/h5H,3-4H2,1-2H3,(H,7,8)(H,9,10)/t5-/m0/s1. The molecule has 84 valence electrons. The van der Waals surface area contributed by atoms with Crippen LogP contribution in [0.2, 0.25) is 0 Å². The van der Waals surface area contributed by atoms with E-state index in [1.54, 1.807) is 6.92 Å². The van der Waals surface area contributed by atoms with Crippen molar-refractivity contribution in [3.05, 3.63) is 0 Å². The molecule has 7 nitrogen and oxygen atoms in total. The number of carbonyl (C=O) groups is 1. The van der Waals surface area contributed by atoms with Crippen molar-refractivity contribution in [3.8, 4) is 0 Å². The first-order valence-electron chi connectivity index (χ1n) is 3.80. The van der Waals surface area contributed by atoms with Gasteiger partial charge in [-0.15, -0.1) is 0 Å². The van der Waals surface area contributed by atoms with Gasteiger partial charge < -0.3 is 14.7 Å². The van der Waals surface area contributed by atoms with Crippen LogP contribution in [0.25, 0.3) is 0 Å². The number of phosphoric ester groups is 1. The van der Waals surface area contributed by atoms with Crippen LogP contribution in [0.3, 0.4) is 0 Å². The van der Waals surface area contributed by atoms with Crippen LogP contribution >= 0.6 is 7.82 Å². The van der Waals surface area contributed by atoms with Gasteiger partial charge in [0.25, 0.3) is 0 Å². The van der Waals surface area contributed by atoms with Gasteiger partial charge in [0.1, 0.15) is 0 Å². The third-order valence-corrected chi connectivity index (χ3v) is 2.20. The van der Waals surface area contributed by atoms with Crippen molar-refractivity contribution in [1.29, 1.82) is 0 Å². The predicted octanol–water partition coefficient (Wildman–Crippen LogP) is 0.239. The molecule has 0 radical (unpaired) electrons. The smallest absolute Gasteiger partial charge is 0.472 e. The number of hydrogen-bond donors (Lipinski definition) is 2. The van der Waals surface area contributed by atoms with Crippen molar-refractivity contribution in [1.82, 2.24) is 0 Å². The molecule has 0 heterocycles. The Morgan fingerprint density at radius 1 is 1.57 bits per heavy atom. The fraction of sp³-hybridized carbons (Fsp3) is 0.833. The van der Waals surface area contributed by atoms with Crippen LogP contribution in [0.1, 0.15) is 6.92 Å². The number of ether oxygens (including phenoxy) is 1. The van der Waals surface area contributed by atoms with Gasteiger partial charge in [-0.1, -0.05) is 0 Å². The molecule has 2 N–H and O–H groups in total. The molecule has 0 bridgehead atoms. The SMILES string of the molecule is CCO[C@@H](COP(=O)(O)OC)C(=O)O. The van der Waals surface area contributed by atoms with Crippen LogP contribution in [0, 0.1) is 0 Å². The molecule has 0 amide bonds. The van der Waals surface area contributed by atoms with E-state index in [1.165, 1.54) is 0 Å². The van der Waals surface area contributed by atoms with Crippen molar-refractivity contribution in [3.63, 3.8) is 0 Å². The molecule has 0 aliphatic rings. The van der Waals surface area contributed by atoms with Crippen molar-refractivity contribution >= 4 is 13.8 Å². The molecule has 0 aromatic heterocycles. The fourth-order valence-electron chi connectivity index (χ4n) is 0.606. The summed E-state index contributed by atoms with van der Waals surface area (Å²) in [5.74, 6) is -1.26. The van der Waals surface area contributed by atoms with E-state index in [0.717, 1.165) is 7.11 Å². The highest BCUT2D eigenvalue weighted by atomic mass is 31.2. The number of carboxylic acid groups (broad SMARTS) is 1. The minimum atomic E-state index is -4.13. The van der Waals surface area contributed by atoms with Gasteiger partial charge in [0.05, 0.1) is 6.61 Å². The summed E-state index contributed by atoms with van der Waals surface area (Å²) in [6.45, 7) is 1.23. The molecule has 0 saturated carbocycles. The molecule has 0 aromatic rings. The highest BCUT2D eigenvalue weighted by molar-refractivity contribution is 7.47. The number of aliphatic carboxylic acids is 1. The molecule has 1 unspecified atom stereocenters. The summed E-state index contributed by atoms with van der Waals surface area (Å²) in [5.41, 5.74) is 0. The Balaban J connectivity index is 4.06. The summed E-state index contributed by atoms with van der Waals surface area (Å²) in [5, 5.41) is 8.56.